The summed E-state index contributed by atoms with van der Waals surface area (Å²) in [6, 6.07) is 11.0. The number of nitrogens with zero attached hydrogens (tertiary/aromatic N) is 1. The molecule has 0 bridgehead atoms. The van der Waals surface area contributed by atoms with Crippen LogP contribution in [0.15, 0.2) is 50.1 Å². The minimum atomic E-state index is -0.388. The standard InChI is InChI=1S/C15H10BrCl2NO2/c1-19-12-5-2-8(6-13(12)21-15(19)20)14(18)10-4-3-9(17)7-11(10)16/h2-7,14H,1H3. The topological polar surface area (TPSA) is 35.1 Å². The molecule has 0 fully saturated rings. The van der Waals surface area contributed by atoms with Gasteiger partial charge in [0, 0.05) is 16.5 Å². The Labute approximate surface area is 139 Å². The Kier molecular flexibility index (Phi) is 3.86. The average Bonchev–Trinajstić information content (AvgIpc) is 2.73. The Hall–Kier alpha value is -1.23. The lowest BCUT2D eigenvalue weighted by atomic mass is 10.0. The van der Waals surface area contributed by atoms with Crippen LogP contribution < -0.4 is 5.76 Å². The highest BCUT2D eigenvalue weighted by atomic mass is 79.9. The van der Waals surface area contributed by atoms with E-state index in [1.54, 1.807) is 25.2 Å². The first kappa shape index (κ1) is 14.7. The number of alkyl halides is 1. The van der Waals surface area contributed by atoms with Crippen molar-refractivity contribution in [3.8, 4) is 0 Å². The molecule has 1 unspecified atom stereocenters. The van der Waals surface area contributed by atoms with E-state index >= 15 is 0 Å². The van der Waals surface area contributed by atoms with Crippen molar-refractivity contribution in [1.82, 2.24) is 4.57 Å². The Balaban J connectivity index is 2.09. The lowest BCUT2D eigenvalue weighted by Gasteiger charge is -2.12. The Morgan fingerprint density at radius 3 is 2.71 bits per heavy atom. The van der Waals surface area contributed by atoms with Gasteiger partial charge in [-0.15, -0.1) is 11.6 Å². The lowest BCUT2D eigenvalue weighted by Crippen LogP contribution is -2.08. The maximum atomic E-state index is 11.5. The Morgan fingerprint density at radius 1 is 1.24 bits per heavy atom. The number of hydrogen-bond acceptors (Lipinski definition) is 2. The minimum Gasteiger partial charge on any atom is -0.408 e. The molecule has 108 valence electrons. The van der Waals surface area contributed by atoms with Gasteiger partial charge < -0.3 is 4.42 Å². The highest BCUT2D eigenvalue weighted by molar-refractivity contribution is 9.10. The number of fused-ring (bicyclic) bond motifs is 1. The molecule has 3 aromatic rings. The highest BCUT2D eigenvalue weighted by Gasteiger charge is 2.16. The minimum absolute atomic E-state index is 0.369. The third kappa shape index (κ3) is 2.63. The van der Waals surface area contributed by atoms with Gasteiger partial charge in [-0.25, -0.2) is 4.79 Å². The van der Waals surface area contributed by atoms with Gasteiger partial charge in [-0.05, 0) is 35.4 Å². The molecule has 0 aliphatic carbocycles. The van der Waals surface area contributed by atoms with Crippen LogP contribution in [-0.2, 0) is 7.05 Å². The summed E-state index contributed by atoms with van der Waals surface area (Å²) < 4.78 is 7.49. The van der Waals surface area contributed by atoms with Crippen LogP contribution in [0.5, 0.6) is 0 Å². The zero-order chi connectivity index (χ0) is 15.1. The van der Waals surface area contributed by atoms with Gasteiger partial charge in [0.05, 0.1) is 10.9 Å². The van der Waals surface area contributed by atoms with Crippen molar-refractivity contribution >= 4 is 50.2 Å². The van der Waals surface area contributed by atoms with Gasteiger partial charge in [-0.3, -0.25) is 4.57 Å². The smallest absolute Gasteiger partial charge is 0.408 e. The van der Waals surface area contributed by atoms with Crippen molar-refractivity contribution in [2.24, 2.45) is 7.05 Å². The van der Waals surface area contributed by atoms with Crippen LogP contribution in [0.25, 0.3) is 11.1 Å². The first-order chi connectivity index (χ1) is 9.97. The van der Waals surface area contributed by atoms with E-state index in [0.29, 0.717) is 10.6 Å². The van der Waals surface area contributed by atoms with Crippen molar-refractivity contribution in [1.29, 1.82) is 0 Å². The molecule has 6 heteroatoms. The van der Waals surface area contributed by atoms with E-state index in [0.717, 1.165) is 21.1 Å². The third-order valence-electron chi connectivity index (χ3n) is 3.34. The molecule has 1 heterocycles. The predicted molar refractivity (Wildman–Crippen MR) is 88.3 cm³/mol. The van der Waals surface area contributed by atoms with E-state index in [9.17, 15) is 4.79 Å². The van der Waals surface area contributed by atoms with Crippen molar-refractivity contribution in [3.63, 3.8) is 0 Å². The second kappa shape index (κ2) is 5.52. The number of benzene rings is 2. The first-order valence-corrected chi connectivity index (χ1v) is 7.76. The van der Waals surface area contributed by atoms with Crippen LogP contribution in [-0.4, -0.2) is 4.57 Å². The number of rotatable bonds is 2. The van der Waals surface area contributed by atoms with Crippen LogP contribution >= 0.6 is 39.1 Å². The van der Waals surface area contributed by atoms with Gasteiger partial charge in [-0.1, -0.05) is 39.7 Å². The van der Waals surface area contributed by atoms with Crippen LogP contribution in [0.1, 0.15) is 16.5 Å². The van der Waals surface area contributed by atoms with Gasteiger partial charge in [0.2, 0.25) is 0 Å². The fourth-order valence-corrected chi connectivity index (χ4v) is 3.56. The normalized spacial score (nSPS) is 12.8. The number of halogens is 3. The summed E-state index contributed by atoms with van der Waals surface area (Å²) in [4.78, 5) is 11.5. The summed E-state index contributed by atoms with van der Waals surface area (Å²) >= 11 is 15.9. The Bertz CT molecular complexity index is 885. The van der Waals surface area contributed by atoms with Crippen LogP contribution in [0.4, 0.5) is 0 Å². The second-order valence-electron chi connectivity index (χ2n) is 4.68. The largest absolute Gasteiger partial charge is 0.419 e. The number of hydrogen-bond donors (Lipinski definition) is 0. The summed E-state index contributed by atoms with van der Waals surface area (Å²) in [6.45, 7) is 0. The summed E-state index contributed by atoms with van der Waals surface area (Å²) in [7, 11) is 1.67. The molecule has 1 aromatic heterocycles. The molecule has 2 aromatic carbocycles. The molecule has 3 rings (SSSR count). The molecule has 3 nitrogen and oxygen atoms in total. The maximum absolute atomic E-state index is 11.5. The molecule has 0 radical (unpaired) electrons. The predicted octanol–water partition coefficient (Wildman–Crippen LogP) is 4.88. The number of aryl methyl sites for hydroxylation is 1. The maximum Gasteiger partial charge on any atom is 0.419 e. The number of oxazole rings is 1. The molecule has 0 saturated heterocycles. The molecule has 0 aliphatic rings. The van der Waals surface area contributed by atoms with Crippen molar-refractivity contribution < 1.29 is 4.42 Å². The van der Waals surface area contributed by atoms with Crippen LogP contribution in [0.2, 0.25) is 5.02 Å². The van der Waals surface area contributed by atoms with E-state index in [2.05, 4.69) is 15.9 Å². The monoisotopic (exact) mass is 385 g/mol. The lowest BCUT2D eigenvalue weighted by molar-refractivity contribution is 0.528. The van der Waals surface area contributed by atoms with Crippen LogP contribution in [0, 0.1) is 0 Å². The van der Waals surface area contributed by atoms with E-state index in [-0.39, 0.29) is 11.1 Å². The summed E-state index contributed by atoms with van der Waals surface area (Å²) in [5.74, 6) is -0.388. The summed E-state index contributed by atoms with van der Waals surface area (Å²) in [5.41, 5.74) is 3.01. The molecular weight excluding hydrogens is 377 g/mol. The van der Waals surface area contributed by atoms with E-state index in [4.69, 9.17) is 27.6 Å². The van der Waals surface area contributed by atoms with Gasteiger partial charge >= 0.3 is 5.76 Å². The van der Waals surface area contributed by atoms with Gasteiger partial charge in [-0.2, -0.15) is 0 Å². The fraction of sp³-hybridized carbons (Fsp3) is 0.133. The fourth-order valence-electron chi connectivity index (χ4n) is 2.19. The van der Waals surface area contributed by atoms with E-state index in [1.165, 1.54) is 4.57 Å². The van der Waals surface area contributed by atoms with Gasteiger partial charge in [0.25, 0.3) is 0 Å². The second-order valence-corrected chi connectivity index (χ2v) is 6.41. The molecule has 21 heavy (non-hydrogen) atoms. The van der Waals surface area contributed by atoms with E-state index in [1.807, 2.05) is 18.2 Å². The van der Waals surface area contributed by atoms with Crippen LogP contribution in [0.3, 0.4) is 0 Å². The highest BCUT2D eigenvalue weighted by Crippen LogP contribution is 2.36. The Morgan fingerprint density at radius 2 is 2.00 bits per heavy atom. The summed E-state index contributed by atoms with van der Waals surface area (Å²) in [5, 5.41) is 0.269. The zero-order valence-electron chi connectivity index (χ0n) is 10.9. The van der Waals surface area contributed by atoms with E-state index < -0.39 is 0 Å². The molecule has 0 N–H and O–H groups in total. The molecular formula is C15H10BrCl2NO2. The first-order valence-electron chi connectivity index (χ1n) is 6.16. The molecule has 0 amide bonds. The molecule has 1 atom stereocenters. The SMILES string of the molecule is Cn1c(=O)oc2cc(C(Cl)c3ccc(Cl)cc3Br)ccc21. The quantitative estimate of drug-likeness (QED) is 0.588. The average molecular weight is 387 g/mol. The zero-order valence-corrected chi connectivity index (χ0v) is 14.0. The van der Waals surface area contributed by atoms with Gasteiger partial charge in [0.15, 0.2) is 5.58 Å². The van der Waals surface area contributed by atoms with Crippen molar-refractivity contribution in [3.05, 3.63) is 67.6 Å². The molecule has 0 saturated carbocycles. The molecule has 0 spiro atoms. The number of aromatic nitrogens is 1. The summed E-state index contributed by atoms with van der Waals surface area (Å²) in [6.07, 6.45) is 0. The van der Waals surface area contributed by atoms with Crippen molar-refractivity contribution in [2.75, 3.05) is 0 Å². The third-order valence-corrected chi connectivity index (χ3v) is 4.75. The molecule has 0 aliphatic heterocycles. The van der Waals surface area contributed by atoms with Crippen molar-refractivity contribution in [2.45, 2.75) is 5.38 Å². The van der Waals surface area contributed by atoms with Gasteiger partial charge in [0.1, 0.15) is 0 Å².